The lowest BCUT2D eigenvalue weighted by molar-refractivity contribution is -0.141. The highest BCUT2D eigenvalue weighted by Crippen LogP contribution is 2.29. The van der Waals surface area contributed by atoms with Crippen LogP contribution in [0.1, 0.15) is 45.0 Å². The molecule has 0 unspecified atom stereocenters. The number of imidazole rings is 1. The monoisotopic (exact) mass is 354 g/mol. The zero-order chi connectivity index (χ0) is 18.9. The van der Waals surface area contributed by atoms with Crippen LogP contribution in [0.15, 0.2) is 24.5 Å². The minimum atomic E-state index is -0.312. The van der Waals surface area contributed by atoms with Crippen molar-refractivity contribution in [3.8, 4) is 11.4 Å². The van der Waals surface area contributed by atoms with Gasteiger partial charge in [-0.1, -0.05) is 26.8 Å². The zero-order valence-corrected chi connectivity index (χ0v) is 16.6. The highest BCUT2D eigenvalue weighted by atomic mass is 16.2. The van der Waals surface area contributed by atoms with Gasteiger partial charge in [0.15, 0.2) is 0 Å². The van der Waals surface area contributed by atoms with E-state index in [9.17, 15) is 4.79 Å². The van der Waals surface area contributed by atoms with Crippen LogP contribution in [0.3, 0.4) is 0 Å². The van der Waals surface area contributed by atoms with E-state index in [1.54, 1.807) is 0 Å². The molecule has 0 aliphatic carbocycles. The Balaban J connectivity index is 1.79. The number of aryl methyl sites for hydroxylation is 1. The quantitative estimate of drug-likeness (QED) is 0.846. The number of nitrogens with zero attached hydrogens (tertiary/aromatic N) is 4. The van der Waals surface area contributed by atoms with Gasteiger partial charge in [0.2, 0.25) is 5.91 Å². The van der Waals surface area contributed by atoms with E-state index in [4.69, 9.17) is 0 Å². The highest BCUT2D eigenvalue weighted by Gasteiger charge is 2.31. The lowest BCUT2D eigenvalue weighted by atomic mass is 9.88. The summed E-state index contributed by atoms with van der Waals surface area (Å²) in [6, 6.07) is 4.16. The van der Waals surface area contributed by atoms with Crippen LogP contribution < -0.4 is 0 Å². The molecular formula is C21H30N4O. The van der Waals surface area contributed by atoms with Crippen molar-refractivity contribution in [2.75, 3.05) is 13.1 Å². The predicted octanol–water partition coefficient (Wildman–Crippen LogP) is 3.62. The molecule has 2 aromatic rings. The molecule has 1 aliphatic heterocycles. The summed E-state index contributed by atoms with van der Waals surface area (Å²) in [6.45, 7) is 9.74. The second-order valence-electron chi connectivity index (χ2n) is 8.47. The minimum Gasteiger partial charge on any atom is -0.342 e. The standard InChI is InChI=1S/C21H30N4O/c1-15-23-13-18(24(15)5)19-17(9-6-10-22-19)12-16-8-7-11-25(14-16)20(26)21(2,3)4/h6,9-10,13,16H,7-8,11-12,14H2,1-5H3/t16-/m0/s1. The van der Waals surface area contributed by atoms with Crippen LogP contribution in [0.25, 0.3) is 11.4 Å². The Morgan fingerprint density at radius 3 is 2.73 bits per heavy atom. The molecule has 0 bridgehead atoms. The first-order valence-electron chi connectivity index (χ1n) is 9.49. The van der Waals surface area contributed by atoms with Gasteiger partial charge >= 0.3 is 0 Å². The van der Waals surface area contributed by atoms with Crippen LogP contribution >= 0.6 is 0 Å². The largest absolute Gasteiger partial charge is 0.342 e. The molecule has 0 radical (unpaired) electrons. The number of piperidine rings is 1. The van der Waals surface area contributed by atoms with Crippen molar-refractivity contribution in [1.82, 2.24) is 19.4 Å². The van der Waals surface area contributed by atoms with Crippen LogP contribution in [0.2, 0.25) is 0 Å². The average Bonchev–Trinajstić information content (AvgIpc) is 2.93. The minimum absolute atomic E-state index is 0.260. The maximum atomic E-state index is 12.7. The van der Waals surface area contributed by atoms with Crippen LogP contribution in [0.5, 0.6) is 0 Å². The highest BCUT2D eigenvalue weighted by molar-refractivity contribution is 5.81. The van der Waals surface area contributed by atoms with Crippen LogP contribution in [-0.4, -0.2) is 38.4 Å². The summed E-state index contributed by atoms with van der Waals surface area (Å²) in [5.74, 6) is 1.72. The number of rotatable bonds is 3. The zero-order valence-electron chi connectivity index (χ0n) is 16.6. The first kappa shape index (κ1) is 18.6. The van der Waals surface area contributed by atoms with E-state index in [-0.39, 0.29) is 11.3 Å². The first-order chi connectivity index (χ1) is 12.3. The van der Waals surface area contributed by atoms with E-state index in [1.165, 1.54) is 5.56 Å². The van der Waals surface area contributed by atoms with Gasteiger partial charge in [-0.05, 0) is 43.7 Å². The van der Waals surface area contributed by atoms with Gasteiger partial charge in [0.05, 0.1) is 17.6 Å². The normalized spacial score (nSPS) is 18.2. The molecule has 1 fully saturated rings. The summed E-state index contributed by atoms with van der Waals surface area (Å²) >= 11 is 0. The average molecular weight is 354 g/mol. The molecule has 5 nitrogen and oxygen atoms in total. The fourth-order valence-corrected chi connectivity index (χ4v) is 3.76. The number of carbonyl (C=O) groups is 1. The molecular weight excluding hydrogens is 324 g/mol. The van der Waals surface area contributed by atoms with E-state index >= 15 is 0 Å². The van der Waals surface area contributed by atoms with Crippen molar-refractivity contribution in [1.29, 1.82) is 0 Å². The molecule has 0 N–H and O–H groups in total. The molecule has 140 valence electrons. The Hall–Kier alpha value is -2.17. The fraction of sp³-hybridized carbons (Fsp3) is 0.571. The Morgan fingerprint density at radius 2 is 2.08 bits per heavy atom. The Kier molecular flexibility index (Phi) is 5.17. The molecule has 1 aliphatic rings. The van der Waals surface area contributed by atoms with Gasteiger partial charge in [-0.25, -0.2) is 4.98 Å². The van der Waals surface area contributed by atoms with E-state index in [0.717, 1.165) is 49.6 Å². The third kappa shape index (κ3) is 3.81. The first-order valence-corrected chi connectivity index (χ1v) is 9.49. The predicted molar refractivity (Wildman–Crippen MR) is 104 cm³/mol. The summed E-state index contributed by atoms with van der Waals surface area (Å²) in [4.78, 5) is 23.8. The van der Waals surface area contributed by atoms with Gasteiger partial charge in [0.1, 0.15) is 5.82 Å². The molecule has 3 heterocycles. The Labute approximate surface area is 156 Å². The molecule has 26 heavy (non-hydrogen) atoms. The lowest BCUT2D eigenvalue weighted by Gasteiger charge is -2.36. The molecule has 0 spiro atoms. The molecule has 1 atom stereocenters. The van der Waals surface area contributed by atoms with Gasteiger partial charge in [-0.3, -0.25) is 9.78 Å². The van der Waals surface area contributed by atoms with Gasteiger partial charge < -0.3 is 9.47 Å². The second-order valence-corrected chi connectivity index (χ2v) is 8.47. The van der Waals surface area contributed by atoms with Crippen molar-refractivity contribution in [2.24, 2.45) is 18.4 Å². The van der Waals surface area contributed by atoms with Gasteiger partial charge in [-0.15, -0.1) is 0 Å². The summed E-state index contributed by atoms with van der Waals surface area (Å²) in [5.41, 5.74) is 2.99. The van der Waals surface area contributed by atoms with Crippen molar-refractivity contribution in [2.45, 2.75) is 47.0 Å². The summed E-state index contributed by atoms with van der Waals surface area (Å²) in [7, 11) is 2.03. The van der Waals surface area contributed by atoms with Gasteiger partial charge in [0.25, 0.3) is 0 Å². The molecule has 2 aromatic heterocycles. The number of aromatic nitrogens is 3. The third-order valence-electron chi connectivity index (χ3n) is 5.31. The lowest BCUT2D eigenvalue weighted by Crippen LogP contribution is -2.45. The van der Waals surface area contributed by atoms with E-state index in [0.29, 0.717) is 5.92 Å². The number of hydrogen-bond donors (Lipinski definition) is 0. The number of hydrogen-bond acceptors (Lipinski definition) is 3. The van der Waals surface area contributed by atoms with E-state index in [2.05, 4.69) is 25.5 Å². The van der Waals surface area contributed by atoms with Crippen LogP contribution in [0.4, 0.5) is 0 Å². The van der Waals surface area contributed by atoms with E-state index in [1.807, 2.05) is 53.2 Å². The number of likely N-dealkylation sites (tertiary alicyclic amines) is 1. The Bertz CT molecular complexity index is 788. The number of carbonyl (C=O) groups excluding carboxylic acids is 1. The molecule has 1 amide bonds. The molecule has 5 heteroatoms. The number of amides is 1. The SMILES string of the molecule is Cc1ncc(-c2ncccc2C[C@@H]2CCCN(C(=O)C(C)(C)C)C2)n1C. The smallest absolute Gasteiger partial charge is 0.227 e. The summed E-state index contributed by atoms with van der Waals surface area (Å²) < 4.78 is 2.09. The maximum Gasteiger partial charge on any atom is 0.227 e. The van der Waals surface area contributed by atoms with Crippen molar-refractivity contribution >= 4 is 5.91 Å². The third-order valence-corrected chi connectivity index (χ3v) is 5.31. The second kappa shape index (κ2) is 7.22. The fourth-order valence-electron chi connectivity index (χ4n) is 3.76. The molecule has 0 aromatic carbocycles. The van der Waals surface area contributed by atoms with E-state index < -0.39 is 0 Å². The topological polar surface area (TPSA) is 51.0 Å². The van der Waals surface area contributed by atoms with Gasteiger partial charge in [-0.2, -0.15) is 0 Å². The van der Waals surface area contributed by atoms with Crippen molar-refractivity contribution < 1.29 is 4.79 Å². The Morgan fingerprint density at radius 1 is 1.31 bits per heavy atom. The van der Waals surface area contributed by atoms with Crippen molar-refractivity contribution in [3.63, 3.8) is 0 Å². The number of pyridine rings is 1. The van der Waals surface area contributed by atoms with Crippen LogP contribution in [-0.2, 0) is 18.3 Å². The van der Waals surface area contributed by atoms with Gasteiger partial charge in [0, 0.05) is 31.7 Å². The summed E-state index contributed by atoms with van der Waals surface area (Å²) in [6.07, 6.45) is 6.93. The molecule has 3 rings (SSSR count). The maximum absolute atomic E-state index is 12.7. The molecule has 1 saturated heterocycles. The van der Waals surface area contributed by atoms with Crippen LogP contribution in [0, 0.1) is 18.3 Å². The van der Waals surface area contributed by atoms with Crippen molar-refractivity contribution in [3.05, 3.63) is 35.9 Å². The molecule has 0 saturated carbocycles. The summed E-state index contributed by atoms with van der Waals surface area (Å²) in [5, 5.41) is 0.